The fraction of sp³-hybridized carbons (Fsp3) is 0.667. The molecule has 0 saturated heterocycles. The van der Waals surface area contributed by atoms with Crippen LogP contribution < -0.4 is 11.1 Å². The molecule has 116 valence electrons. The molecule has 0 unspecified atom stereocenters. The Bertz CT molecular complexity index is 396. The first-order valence-electron chi connectivity index (χ1n) is 5.98. The number of allylic oxidation sites excluding steroid dienone is 1. The van der Waals surface area contributed by atoms with E-state index in [0.29, 0.717) is 18.1 Å². The molecular formula is C12H20Cl3N3O2. The highest BCUT2D eigenvalue weighted by Gasteiger charge is 2.22. The van der Waals surface area contributed by atoms with Gasteiger partial charge in [0.1, 0.15) is 12.4 Å². The molecule has 0 radical (unpaired) electrons. The van der Waals surface area contributed by atoms with Crippen LogP contribution in [0.2, 0.25) is 0 Å². The molecule has 0 aliphatic heterocycles. The third-order valence-corrected chi connectivity index (χ3v) is 2.41. The maximum absolute atomic E-state index is 11.5. The Morgan fingerprint density at radius 3 is 2.30 bits per heavy atom. The summed E-state index contributed by atoms with van der Waals surface area (Å²) in [5, 5.41) is 2.45. The SMILES string of the molecule is CCN=C(C=C(N)C(C)(C)C)NC(=O)OCC(Cl)(Cl)Cl. The number of nitrogens with zero attached hydrogens (tertiary/aromatic N) is 1. The molecule has 0 aliphatic carbocycles. The van der Waals surface area contributed by atoms with E-state index in [-0.39, 0.29) is 12.0 Å². The molecule has 0 aromatic carbocycles. The molecular weight excluding hydrogens is 325 g/mol. The van der Waals surface area contributed by atoms with Crippen molar-refractivity contribution in [2.45, 2.75) is 31.5 Å². The van der Waals surface area contributed by atoms with Crippen LogP contribution in [0.5, 0.6) is 0 Å². The lowest BCUT2D eigenvalue weighted by Gasteiger charge is -2.19. The van der Waals surface area contributed by atoms with Gasteiger partial charge in [-0.15, -0.1) is 0 Å². The molecule has 0 atom stereocenters. The van der Waals surface area contributed by atoms with E-state index >= 15 is 0 Å². The van der Waals surface area contributed by atoms with Gasteiger partial charge in [0.25, 0.3) is 0 Å². The lowest BCUT2D eigenvalue weighted by atomic mass is 9.92. The van der Waals surface area contributed by atoms with E-state index in [0.717, 1.165) is 0 Å². The third kappa shape index (κ3) is 9.28. The Morgan fingerprint density at radius 2 is 1.90 bits per heavy atom. The zero-order chi connectivity index (χ0) is 16.0. The van der Waals surface area contributed by atoms with Crippen molar-refractivity contribution in [3.63, 3.8) is 0 Å². The predicted molar refractivity (Wildman–Crippen MR) is 84.5 cm³/mol. The molecule has 0 fully saturated rings. The number of aliphatic imine (C=N–C) groups is 1. The summed E-state index contributed by atoms with van der Waals surface area (Å²) in [7, 11) is 0. The highest BCUT2D eigenvalue weighted by molar-refractivity contribution is 6.67. The average Bonchev–Trinajstić information content (AvgIpc) is 2.24. The van der Waals surface area contributed by atoms with Crippen molar-refractivity contribution in [1.82, 2.24) is 5.32 Å². The molecule has 0 rings (SSSR count). The van der Waals surface area contributed by atoms with E-state index < -0.39 is 9.89 Å². The number of amidine groups is 1. The number of carbonyl (C=O) groups is 1. The van der Waals surface area contributed by atoms with Crippen molar-refractivity contribution in [2.75, 3.05) is 13.2 Å². The van der Waals surface area contributed by atoms with Gasteiger partial charge in [0.15, 0.2) is 0 Å². The minimum atomic E-state index is -1.65. The number of nitrogens with one attached hydrogen (secondary N) is 1. The summed E-state index contributed by atoms with van der Waals surface area (Å²) in [6.45, 7) is 7.79. The van der Waals surface area contributed by atoms with Gasteiger partial charge in [-0.25, -0.2) is 4.79 Å². The van der Waals surface area contributed by atoms with Crippen molar-refractivity contribution in [2.24, 2.45) is 16.1 Å². The van der Waals surface area contributed by atoms with Gasteiger partial charge in [0.2, 0.25) is 3.79 Å². The van der Waals surface area contributed by atoms with Crippen LogP contribution in [0, 0.1) is 5.41 Å². The van der Waals surface area contributed by atoms with Gasteiger partial charge in [0, 0.05) is 17.7 Å². The van der Waals surface area contributed by atoms with E-state index in [1.54, 1.807) is 6.08 Å². The van der Waals surface area contributed by atoms with Crippen LogP contribution in [-0.2, 0) is 4.74 Å². The molecule has 1 amide bonds. The number of alkyl carbamates (subject to hydrolysis) is 1. The van der Waals surface area contributed by atoms with E-state index in [1.807, 2.05) is 27.7 Å². The van der Waals surface area contributed by atoms with Crippen molar-refractivity contribution < 1.29 is 9.53 Å². The number of alkyl halides is 3. The van der Waals surface area contributed by atoms with Crippen molar-refractivity contribution in [3.8, 4) is 0 Å². The Kier molecular flexibility index (Phi) is 7.70. The molecule has 0 aromatic rings. The second-order valence-corrected chi connectivity index (χ2v) is 7.54. The average molecular weight is 345 g/mol. The minimum absolute atomic E-state index is 0.238. The molecule has 0 aromatic heterocycles. The Labute approximate surface area is 134 Å². The molecule has 20 heavy (non-hydrogen) atoms. The summed E-state index contributed by atoms with van der Waals surface area (Å²) in [4.78, 5) is 15.7. The molecule has 0 spiro atoms. The molecule has 0 saturated carbocycles. The van der Waals surface area contributed by atoms with E-state index in [2.05, 4.69) is 10.3 Å². The fourth-order valence-electron chi connectivity index (χ4n) is 0.943. The summed E-state index contributed by atoms with van der Waals surface area (Å²) in [6, 6.07) is 0. The molecule has 0 aliphatic rings. The van der Waals surface area contributed by atoms with Crippen LogP contribution >= 0.6 is 34.8 Å². The second-order valence-electron chi connectivity index (χ2n) is 5.03. The molecule has 5 nitrogen and oxygen atoms in total. The fourth-order valence-corrected chi connectivity index (χ4v) is 1.11. The van der Waals surface area contributed by atoms with Gasteiger partial charge in [-0.05, 0) is 13.0 Å². The maximum atomic E-state index is 11.5. The summed E-state index contributed by atoms with van der Waals surface area (Å²) in [6.07, 6.45) is 0.821. The number of carbonyl (C=O) groups excluding carboxylic acids is 1. The summed E-state index contributed by atoms with van der Waals surface area (Å²) in [5.41, 5.74) is 6.26. The number of hydrogen-bond acceptors (Lipinski definition) is 4. The van der Waals surface area contributed by atoms with Gasteiger partial charge in [0.05, 0.1) is 0 Å². The van der Waals surface area contributed by atoms with Crippen molar-refractivity contribution in [1.29, 1.82) is 0 Å². The molecule has 8 heteroatoms. The maximum Gasteiger partial charge on any atom is 0.412 e. The third-order valence-electron chi connectivity index (χ3n) is 2.08. The Hall–Kier alpha value is -0.650. The molecule has 0 heterocycles. The van der Waals surface area contributed by atoms with Gasteiger partial charge in [-0.1, -0.05) is 55.6 Å². The van der Waals surface area contributed by atoms with Crippen LogP contribution in [0.4, 0.5) is 4.79 Å². The zero-order valence-corrected chi connectivity index (χ0v) is 14.2. The first-order valence-corrected chi connectivity index (χ1v) is 7.11. The summed E-state index contributed by atoms with van der Waals surface area (Å²) in [5.74, 6) is 0.300. The quantitative estimate of drug-likeness (QED) is 0.468. The zero-order valence-electron chi connectivity index (χ0n) is 12.0. The van der Waals surface area contributed by atoms with Crippen LogP contribution in [0.15, 0.2) is 16.8 Å². The number of nitrogens with two attached hydrogens (primary N) is 1. The molecule has 3 N–H and O–H groups in total. The van der Waals surface area contributed by atoms with Gasteiger partial charge < -0.3 is 10.5 Å². The topological polar surface area (TPSA) is 76.7 Å². The number of halogens is 3. The summed E-state index contributed by atoms with van der Waals surface area (Å²) >= 11 is 16.4. The lowest BCUT2D eigenvalue weighted by molar-refractivity contribution is 0.154. The minimum Gasteiger partial charge on any atom is -0.445 e. The van der Waals surface area contributed by atoms with Gasteiger partial charge in [-0.3, -0.25) is 10.3 Å². The van der Waals surface area contributed by atoms with Crippen LogP contribution in [0.1, 0.15) is 27.7 Å². The van der Waals surface area contributed by atoms with E-state index in [1.165, 1.54) is 0 Å². The number of amides is 1. The van der Waals surface area contributed by atoms with Gasteiger partial charge in [-0.2, -0.15) is 0 Å². The lowest BCUT2D eigenvalue weighted by Crippen LogP contribution is -2.33. The van der Waals surface area contributed by atoms with E-state index in [9.17, 15) is 4.79 Å². The summed E-state index contributed by atoms with van der Waals surface area (Å²) < 4.78 is 3.10. The Balaban J connectivity index is 4.74. The first-order chi connectivity index (χ1) is 8.95. The van der Waals surface area contributed by atoms with Crippen molar-refractivity contribution >= 4 is 46.7 Å². The standard InChI is InChI=1S/C12H20Cl3N3O2/c1-5-17-9(6-8(16)11(2,3)4)18-10(19)20-7-12(13,14)15/h6H,5,7,16H2,1-4H3,(H,17,18,19). The predicted octanol–water partition coefficient (Wildman–Crippen LogP) is 3.39. The number of hydrogen-bond donors (Lipinski definition) is 2. The molecule has 0 bridgehead atoms. The van der Waals surface area contributed by atoms with Crippen LogP contribution in [0.3, 0.4) is 0 Å². The smallest absolute Gasteiger partial charge is 0.412 e. The van der Waals surface area contributed by atoms with Crippen LogP contribution in [-0.4, -0.2) is 28.9 Å². The number of ether oxygens (including phenoxy) is 1. The number of rotatable bonds is 3. The van der Waals surface area contributed by atoms with Crippen molar-refractivity contribution in [3.05, 3.63) is 11.8 Å². The second kappa shape index (κ2) is 7.96. The largest absolute Gasteiger partial charge is 0.445 e. The van der Waals surface area contributed by atoms with Crippen LogP contribution in [0.25, 0.3) is 0 Å². The highest BCUT2D eigenvalue weighted by Crippen LogP contribution is 2.25. The Morgan fingerprint density at radius 1 is 1.35 bits per heavy atom. The first kappa shape index (κ1) is 19.4. The highest BCUT2D eigenvalue weighted by atomic mass is 35.6. The van der Waals surface area contributed by atoms with E-state index in [4.69, 9.17) is 45.3 Å². The normalized spacial score (nSPS) is 14.2. The van der Waals surface area contributed by atoms with Gasteiger partial charge >= 0.3 is 6.09 Å². The monoisotopic (exact) mass is 343 g/mol.